The van der Waals surface area contributed by atoms with Crippen LogP contribution in [0.15, 0.2) is 11.1 Å². The van der Waals surface area contributed by atoms with Crippen molar-refractivity contribution in [1.29, 1.82) is 0 Å². The molecule has 0 aromatic carbocycles. The average Bonchev–Trinajstić information content (AvgIpc) is 3.08. The van der Waals surface area contributed by atoms with Gasteiger partial charge in [-0.3, -0.25) is 0 Å². The van der Waals surface area contributed by atoms with Gasteiger partial charge in [-0.1, -0.05) is 12.5 Å². The largest absolute Gasteiger partial charge is 0.392 e. The fourth-order valence-electron chi connectivity index (χ4n) is 5.87. The Kier molecular flexibility index (Phi) is 2.50. The molecule has 0 radical (unpaired) electrons. The molecule has 4 atom stereocenters. The second-order valence-electron chi connectivity index (χ2n) is 7.11. The molecule has 2 saturated carbocycles. The standard InChI is InChI=1S/C16H24O3/c1-10-7-11-8-12-3-4-16(18-5-6-19-16)15(12,2)14(11)13(10)9-17/h11-12,14,17H,3-9H2,1-2H3/t11-,12-,14+,15-/m1/s1. The molecule has 0 unspecified atom stereocenters. The van der Waals surface area contributed by atoms with Gasteiger partial charge in [0.1, 0.15) is 0 Å². The van der Waals surface area contributed by atoms with Crippen LogP contribution in [0.3, 0.4) is 0 Å². The number of aliphatic hydroxyl groups is 1. The van der Waals surface area contributed by atoms with Crippen molar-refractivity contribution in [2.24, 2.45) is 23.2 Å². The summed E-state index contributed by atoms with van der Waals surface area (Å²) in [5, 5.41) is 9.81. The van der Waals surface area contributed by atoms with Crippen molar-refractivity contribution in [2.75, 3.05) is 19.8 Å². The minimum atomic E-state index is -0.359. The molecular formula is C16H24O3. The average molecular weight is 264 g/mol. The van der Waals surface area contributed by atoms with E-state index in [9.17, 15) is 5.11 Å². The highest BCUT2D eigenvalue weighted by Gasteiger charge is 2.70. The van der Waals surface area contributed by atoms with Gasteiger partial charge in [-0.2, -0.15) is 0 Å². The summed E-state index contributed by atoms with van der Waals surface area (Å²) in [4.78, 5) is 0. The quantitative estimate of drug-likeness (QED) is 0.740. The first-order valence-corrected chi connectivity index (χ1v) is 7.69. The molecule has 19 heavy (non-hydrogen) atoms. The van der Waals surface area contributed by atoms with Crippen LogP contribution >= 0.6 is 0 Å². The predicted molar refractivity (Wildman–Crippen MR) is 71.5 cm³/mol. The van der Waals surface area contributed by atoms with Crippen LogP contribution in [0, 0.1) is 23.2 Å². The van der Waals surface area contributed by atoms with E-state index in [2.05, 4.69) is 13.8 Å². The van der Waals surface area contributed by atoms with Gasteiger partial charge in [-0.05, 0) is 49.5 Å². The van der Waals surface area contributed by atoms with Crippen LogP contribution in [0.4, 0.5) is 0 Å². The Morgan fingerprint density at radius 2 is 2.05 bits per heavy atom. The lowest BCUT2D eigenvalue weighted by Crippen LogP contribution is -2.49. The summed E-state index contributed by atoms with van der Waals surface area (Å²) in [5.41, 5.74) is 2.77. The number of ether oxygens (including phenoxy) is 2. The van der Waals surface area contributed by atoms with Crippen molar-refractivity contribution in [3.63, 3.8) is 0 Å². The number of allylic oxidation sites excluding steroid dienone is 1. The van der Waals surface area contributed by atoms with Crippen molar-refractivity contribution >= 4 is 0 Å². The first kappa shape index (κ1) is 12.4. The van der Waals surface area contributed by atoms with Gasteiger partial charge in [-0.15, -0.1) is 0 Å². The number of hydrogen-bond acceptors (Lipinski definition) is 3. The minimum Gasteiger partial charge on any atom is -0.392 e. The summed E-state index contributed by atoms with van der Waals surface area (Å²) >= 11 is 0. The molecule has 4 rings (SSSR count). The van der Waals surface area contributed by atoms with Crippen LogP contribution in [0.1, 0.15) is 39.5 Å². The van der Waals surface area contributed by atoms with Crippen LogP contribution < -0.4 is 0 Å². The molecule has 1 spiro atoms. The van der Waals surface area contributed by atoms with E-state index in [4.69, 9.17) is 9.47 Å². The Morgan fingerprint density at radius 1 is 1.32 bits per heavy atom. The lowest BCUT2D eigenvalue weighted by Gasteiger charge is -2.44. The molecule has 3 nitrogen and oxygen atoms in total. The van der Waals surface area contributed by atoms with Gasteiger partial charge < -0.3 is 14.6 Å². The lowest BCUT2D eigenvalue weighted by atomic mass is 9.69. The van der Waals surface area contributed by atoms with E-state index in [1.165, 1.54) is 30.4 Å². The zero-order valence-corrected chi connectivity index (χ0v) is 11.9. The van der Waals surface area contributed by atoms with E-state index in [1.54, 1.807) is 0 Å². The maximum Gasteiger partial charge on any atom is 0.174 e. The summed E-state index contributed by atoms with van der Waals surface area (Å²) < 4.78 is 12.3. The second-order valence-corrected chi connectivity index (χ2v) is 7.11. The van der Waals surface area contributed by atoms with Crippen LogP contribution in [0.5, 0.6) is 0 Å². The number of aliphatic hydroxyl groups excluding tert-OH is 1. The van der Waals surface area contributed by atoms with E-state index in [-0.39, 0.29) is 17.8 Å². The molecule has 106 valence electrons. The van der Waals surface area contributed by atoms with Crippen LogP contribution in [0.2, 0.25) is 0 Å². The van der Waals surface area contributed by atoms with Crippen molar-refractivity contribution < 1.29 is 14.6 Å². The summed E-state index contributed by atoms with van der Waals surface area (Å²) in [6.45, 7) is 6.24. The Bertz CT molecular complexity index is 435. The smallest absolute Gasteiger partial charge is 0.174 e. The SMILES string of the molecule is CC1=C(CO)[C@@H]2[C@H](C1)C[C@H]1CCC3(OCCO3)[C@]12C. The highest BCUT2D eigenvalue weighted by molar-refractivity contribution is 5.32. The van der Waals surface area contributed by atoms with Crippen LogP contribution in [-0.2, 0) is 9.47 Å². The molecule has 1 heterocycles. The number of hydrogen-bond donors (Lipinski definition) is 1. The monoisotopic (exact) mass is 264 g/mol. The van der Waals surface area contributed by atoms with Gasteiger partial charge >= 0.3 is 0 Å². The third-order valence-corrected chi connectivity index (χ3v) is 6.61. The van der Waals surface area contributed by atoms with Crippen molar-refractivity contribution in [2.45, 2.75) is 45.3 Å². The summed E-state index contributed by atoms with van der Waals surface area (Å²) in [7, 11) is 0. The van der Waals surface area contributed by atoms with Gasteiger partial charge in [0.15, 0.2) is 5.79 Å². The molecule has 1 aliphatic heterocycles. The topological polar surface area (TPSA) is 38.7 Å². The van der Waals surface area contributed by atoms with E-state index in [1.807, 2.05) is 0 Å². The third-order valence-electron chi connectivity index (χ3n) is 6.61. The Hall–Kier alpha value is -0.380. The zero-order valence-electron chi connectivity index (χ0n) is 11.9. The van der Waals surface area contributed by atoms with Gasteiger partial charge in [0.05, 0.1) is 19.8 Å². The molecule has 0 aromatic heterocycles. The second kappa shape index (κ2) is 3.84. The van der Waals surface area contributed by atoms with Crippen molar-refractivity contribution in [1.82, 2.24) is 0 Å². The van der Waals surface area contributed by atoms with E-state index in [0.717, 1.165) is 19.6 Å². The first-order chi connectivity index (χ1) is 9.12. The van der Waals surface area contributed by atoms with Gasteiger partial charge in [-0.25, -0.2) is 0 Å². The maximum atomic E-state index is 9.81. The van der Waals surface area contributed by atoms with Crippen molar-refractivity contribution in [3.8, 4) is 0 Å². The molecule has 3 aliphatic carbocycles. The molecular weight excluding hydrogens is 240 g/mol. The molecule has 0 bridgehead atoms. The third kappa shape index (κ3) is 1.29. The predicted octanol–water partition coefficient (Wildman–Crippen LogP) is 2.49. The highest BCUT2D eigenvalue weighted by atomic mass is 16.7. The molecule has 3 heteroatoms. The molecule has 3 fully saturated rings. The summed E-state index contributed by atoms with van der Waals surface area (Å²) in [5.74, 6) is 1.53. The van der Waals surface area contributed by atoms with Crippen LogP contribution in [-0.4, -0.2) is 30.7 Å². The molecule has 1 N–H and O–H groups in total. The van der Waals surface area contributed by atoms with Crippen LogP contribution in [0.25, 0.3) is 0 Å². The van der Waals surface area contributed by atoms with E-state index < -0.39 is 0 Å². The van der Waals surface area contributed by atoms with Gasteiger partial charge in [0.25, 0.3) is 0 Å². The molecule has 1 saturated heterocycles. The normalized spacial score (nSPS) is 47.2. The summed E-state index contributed by atoms with van der Waals surface area (Å²) in [6, 6.07) is 0. The van der Waals surface area contributed by atoms with Crippen molar-refractivity contribution in [3.05, 3.63) is 11.1 Å². The first-order valence-electron chi connectivity index (χ1n) is 7.69. The number of rotatable bonds is 1. The molecule has 0 amide bonds. The fraction of sp³-hybridized carbons (Fsp3) is 0.875. The number of fused-ring (bicyclic) bond motifs is 4. The Labute approximate surface area is 115 Å². The fourth-order valence-corrected chi connectivity index (χ4v) is 5.87. The summed E-state index contributed by atoms with van der Waals surface area (Å²) in [6.07, 6.45) is 4.72. The van der Waals surface area contributed by atoms with Gasteiger partial charge in [0.2, 0.25) is 0 Å². The maximum absolute atomic E-state index is 9.81. The Balaban J connectivity index is 1.80. The van der Waals surface area contributed by atoms with E-state index in [0.29, 0.717) is 17.8 Å². The Morgan fingerprint density at radius 3 is 2.74 bits per heavy atom. The minimum absolute atomic E-state index is 0.0734. The van der Waals surface area contributed by atoms with Gasteiger partial charge in [0, 0.05) is 11.8 Å². The molecule has 4 aliphatic rings. The lowest BCUT2D eigenvalue weighted by molar-refractivity contribution is -0.231. The molecule has 0 aromatic rings. The zero-order chi connectivity index (χ0) is 13.3. The highest BCUT2D eigenvalue weighted by Crippen LogP contribution is 2.70. The van der Waals surface area contributed by atoms with E-state index >= 15 is 0 Å².